The van der Waals surface area contributed by atoms with Gasteiger partial charge in [0.15, 0.2) is 0 Å². The summed E-state index contributed by atoms with van der Waals surface area (Å²) in [4.78, 5) is 19.0. The highest BCUT2D eigenvalue weighted by Crippen LogP contribution is 2.28. The molecule has 5 nitrogen and oxygen atoms in total. The Balaban J connectivity index is 1.74. The number of H-pyrrole nitrogens is 1. The van der Waals surface area contributed by atoms with Gasteiger partial charge in [-0.25, -0.2) is 4.98 Å². The van der Waals surface area contributed by atoms with Crippen LogP contribution in [0.2, 0.25) is 10.0 Å². The van der Waals surface area contributed by atoms with Crippen molar-refractivity contribution in [1.29, 1.82) is 0 Å². The molecule has 0 spiro atoms. The second-order valence-electron chi connectivity index (χ2n) is 5.15. The van der Waals surface area contributed by atoms with Gasteiger partial charge < -0.3 is 14.5 Å². The van der Waals surface area contributed by atoms with Crippen LogP contribution in [0.25, 0.3) is 11.0 Å². The van der Waals surface area contributed by atoms with Crippen molar-refractivity contribution in [3.05, 3.63) is 57.8 Å². The fraction of sp³-hybridized carbons (Fsp3) is 0.176. The van der Waals surface area contributed by atoms with Gasteiger partial charge >= 0.3 is 5.97 Å². The number of fused-ring (bicyclic) bond motifs is 1. The van der Waals surface area contributed by atoms with E-state index in [4.69, 9.17) is 27.9 Å². The number of benzene rings is 2. The monoisotopic (exact) mass is 364 g/mol. The molecule has 3 rings (SSSR count). The molecule has 1 N–H and O–H groups in total. The summed E-state index contributed by atoms with van der Waals surface area (Å²) in [6, 6.07) is 10.6. The van der Waals surface area contributed by atoms with Gasteiger partial charge in [-0.05, 0) is 35.9 Å². The van der Waals surface area contributed by atoms with Crippen molar-refractivity contribution in [2.75, 3.05) is 7.11 Å². The number of esters is 1. The predicted molar refractivity (Wildman–Crippen MR) is 92.6 cm³/mol. The number of nitrogens with zero attached hydrogens (tertiary/aromatic N) is 1. The molecule has 0 unspecified atom stereocenters. The summed E-state index contributed by atoms with van der Waals surface area (Å²) >= 11 is 11.9. The van der Waals surface area contributed by atoms with Gasteiger partial charge in [0.2, 0.25) is 0 Å². The highest BCUT2D eigenvalue weighted by atomic mass is 35.5. The van der Waals surface area contributed by atoms with Crippen molar-refractivity contribution in [1.82, 2.24) is 9.97 Å². The van der Waals surface area contributed by atoms with Crippen LogP contribution in [0.3, 0.4) is 0 Å². The van der Waals surface area contributed by atoms with E-state index in [2.05, 4.69) is 14.7 Å². The van der Waals surface area contributed by atoms with E-state index >= 15 is 0 Å². The van der Waals surface area contributed by atoms with Gasteiger partial charge in [-0.2, -0.15) is 0 Å². The van der Waals surface area contributed by atoms with Crippen molar-refractivity contribution in [3.8, 4) is 5.75 Å². The zero-order valence-electron chi connectivity index (χ0n) is 12.8. The molecule has 0 aliphatic heterocycles. The van der Waals surface area contributed by atoms with Gasteiger partial charge in [-0.15, -0.1) is 0 Å². The number of ether oxygens (including phenoxy) is 2. The van der Waals surface area contributed by atoms with Crippen LogP contribution < -0.4 is 4.74 Å². The first-order chi connectivity index (χ1) is 11.5. The van der Waals surface area contributed by atoms with Crippen molar-refractivity contribution in [2.24, 2.45) is 0 Å². The number of aromatic nitrogens is 2. The Morgan fingerprint density at radius 2 is 2.04 bits per heavy atom. The van der Waals surface area contributed by atoms with Crippen LogP contribution in [0.15, 0.2) is 36.4 Å². The first kappa shape index (κ1) is 16.6. The molecule has 1 heterocycles. The number of carbonyl (C=O) groups is 1. The van der Waals surface area contributed by atoms with E-state index in [1.807, 2.05) is 18.2 Å². The summed E-state index contributed by atoms with van der Waals surface area (Å²) in [5, 5.41) is 0.994. The summed E-state index contributed by atoms with van der Waals surface area (Å²) < 4.78 is 10.3. The molecular weight excluding hydrogens is 351 g/mol. The van der Waals surface area contributed by atoms with E-state index in [0.717, 1.165) is 16.6 Å². The molecule has 0 bridgehead atoms. The normalized spacial score (nSPS) is 10.8. The maximum absolute atomic E-state index is 11.3. The van der Waals surface area contributed by atoms with E-state index in [9.17, 15) is 4.79 Å². The molecule has 0 aliphatic rings. The Morgan fingerprint density at radius 3 is 2.79 bits per heavy atom. The number of methoxy groups -OCH3 is 1. The number of imidazole rings is 1. The van der Waals surface area contributed by atoms with Crippen molar-refractivity contribution < 1.29 is 14.3 Å². The predicted octanol–water partition coefficient (Wildman–Crippen LogP) is 4.16. The molecule has 124 valence electrons. The first-order valence-electron chi connectivity index (χ1n) is 7.17. The maximum Gasteiger partial charge on any atom is 0.309 e. The largest absolute Gasteiger partial charge is 0.484 e. The van der Waals surface area contributed by atoms with E-state index in [0.29, 0.717) is 21.6 Å². The van der Waals surface area contributed by atoms with Crippen LogP contribution in [0.1, 0.15) is 11.4 Å². The van der Waals surface area contributed by atoms with Crippen LogP contribution in [-0.4, -0.2) is 23.0 Å². The van der Waals surface area contributed by atoms with E-state index in [-0.39, 0.29) is 19.0 Å². The smallest absolute Gasteiger partial charge is 0.309 e. The third kappa shape index (κ3) is 3.80. The van der Waals surface area contributed by atoms with E-state index < -0.39 is 0 Å². The quantitative estimate of drug-likeness (QED) is 0.690. The Bertz CT molecular complexity index is 893. The molecule has 0 atom stereocenters. The lowest BCUT2D eigenvalue weighted by Crippen LogP contribution is -2.04. The highest BCUT2D eigenvalue weighted by molar-refractivity contribution is 6.35. The number of carbonyl (C=O) groups excluding carboxylic acids is 1. The molecular formula is C17H14Cl2N2O3. The lowest BCUT2D eigenvalue weighted by atomic mass is 10.1. The van der Waals surface area contributed by atoms with E-state index in [1.165, 1.54) is 7.11 Å². The molecule has 0 fully saturated rings. The second-order valence-corrected chi connectivity index (χ2v) is 5.99. The van der Waals surface area contributed by atoms with Gasteiger partial charge in [-0.3, -0.25) is 4.79 Å². The minimum Gasteiger partial charge on any atom is -0.484 e. The molecule has 0 aliphatic carbocycles. The molecule has 24 heavy (non-hydrogen) atoms. The summed E-state index contributed by atoms with van der Waals surface area (Å²) in [7, 11) is 1.37. The Labute approximate surface area is 148 Å². The molecule has 2 aromatic carbocycles. The fourth-order valence-corrected chi connectivity index (χ4v) is 2.73. The number of hydrogen-bond acceptors (Lipinski definition) is 4. The third-order valence-corrected chi connectivity index (χ3v) is 3.96. The summed E-state index contributed by atoms with van der Waals surface area (Å²) in [5.74, 6) is 0.911. The van der Waals surface area contributed by atoms with Gasteiger partial charge in [0.05, 0.1) is 29.6 Å². The topological polar surface area (TPSA) is 64.2 Å². The molecule has 0 radical (unpaired) electrons. The fourth-order valence-electron chi connectivity index (χ4n) is 2.27. The van der Waals surface area contributed by atoms with Crippen LogP contribution in [0.4, 0.5) is 0 Å². The van der Waals surface area contributed by atoms with Crippen LogP contribution in [0, 0.1) is 0 Å². The van der Waals surface area contributed by atoms with Gasteiger partial charge in [0.25, 0.3) is 0 Å². The van der Waals surface area contributed by atoms with Crippen molar-refractivity contribution in [2.45, 2.75) is 13.0 Å². The number of hydrogen-bond donors (Lipinski definition) is 1. The molecule has 0 saturated carbocycles. The molecule has 3 aromatic rings. The Kier molecular flexibility index (Phi) is 4.92. The molecule has 0 amide bonds. The van der Waals surface area contributed by atoms with Crippen molar-refractivity contribution >= 4 is 40.2 Å². The number of aromatic amines is 1. The van der Waals surface area contributed by atoms with Crippen LogP contribution >= 0.6 is 23.2 Å². The standard InChI is InChI=1S/C17H14Cl2N2O3/c1-23-17(22)7-10-2-4-13-14(6-10)21-16(20-13)9-24-15-5-3-11(18)8-12(15)19/h2-6,8H,7,9H2,1H3,(H,20,21). The number of rotatable bonds is 5. The summed E-state index contributed by atoms with van der Waals surface area (Å²) in [6.07, 6.45) is 0.220. The van der Waals surface area contributed by atoms with Gasteiger partial charge in [0.1, 0.15) is 18.2 Å². The third-order valence-electron chi connectivity index (χ3n) is 3.43. The van der Waals surface area contributed by atoms with E-state index in [1.54, 1.807) is 18.2 Å². The Morgan fingerprint density at radius 1 is 1.21 bits per heavy atom. The summed E-state index contributed by atoms with van der Waals surface area (Å²) in [6.45, 7) is 0.238. The molecule has 7 heteroatoms. The Hall–Kier alpha value is -2.24. The average molecular weight is 365 g/mol. The van der Waals surface area contributed by atoms with Crippen LogP contribution in [-0.2, 0) is 22.6 Å². The number of nitrogens with one attached hydrogen (secondary N) is 1. The maximum atomic E-state index is 11.3. The molecule has 0 saturated heterocycles. The summed E-state index contributed by atoms with van der Waals surface area (Å²) in [5.41, 5.74) is 2.48. The van der Waals surface area contributed by atoms with Crippen LogP contribution in [0.5, 0.6) is 5.75 Å². The lowest BCUT2D eigenvalue weighted by Gasteiger charge is -2.06. The average Bonchev–Trinajstić information content (AvgIpc) is 2.96. The molecule has 1 aromatic heterocycles. The zero-order chi connectivity index (χ0) is 17.1. The number of halogens is 2. The first-order valence-corrected chi connectivity index (χ1v) is 7.93. The lowest BCUT2D eigenvalue weighted by molar-refractivity contribution is -0.139. The van der Waals surface area contributed by atoms with Gasteiger partial charge in [0, 0.05) is 5.02 Å². The van der Waals surface area contributed by atoms with Crippen molar-refractivity contribution in [3.63, 3.8) is 0 Å². The van der Waals surface area contributed by atoms with Gasteiger partial charge in [-0.1, -0.05) is 29.3 Å². The highest BCUT2D eigenvalue weighted by Gasteiger charge is 2.09. The minimum absolute atomic E-state index is 0.220. The second kappa shape index (κ2) is 7.11. The SMILES string of the molecule is COC(=O)Cc1ccc2nc(COc3ccc(Cl)cc3Cl)[nH]c2c1. The zero-order valence-corrected chi connectivity index (χ0v) is 14.3. The minimum atomic E-state index is -0.283.